The summed E-state index contributed by atoms with van der Waals surface area (Å²) in [5, 5.41) is 3.76. The number of halogens is 2. The van der Waals surface area contributed by atoms with Gasteiger partial charge in [-0.05, 0) is 46.3 Å². The van der Waals surface area contributed by atoms with E-state index in [9.17, 15) is 4.39 Å². The number of anilines is 3. The van der Waals surface area contributed by atoms with E-state index < -0.39 is 0 Å². The van der Waals surface area contributed by atoms with E-state index in [1.165, 1.54) is 12.4 Å². The number of nitrogens with zero attached hydrogens (tertiary/aromatic N) is 2. The summed E-state index contributed by atoms with van der Waals surface area (Å²) in [5.41, 5.74) is 7.39. The summed E-state index contributed by atoms with van der Waals surface area (Å²) in [6.07, 6.45) is 1.42. The van der Waals surface area contributed by atoms with Crippen LogP contribution in [0.15, 0.2) is 47.2 Å². The SMILES string of the molecule is Nc1ccc2c(Nc3c(F)cccc3Br)ncnc2c1. The van der Waals surface area contributed by atoms with Gasteiger partial charge in [-0.1, -0.05) is 6.07 Å². The summed E-state index contributed by atoms with van der Waals surface area (Å²) in [4.78, 5) is 8.32. The molecule has 0 saturated carbocycles. The quantitative estimate of drug-likeness (QED) is 0.699. The van der Waals surface area contributed by atoms with Crippen molar-refractivity contribution < 1.29 is 4.39 Å². The fraction of sp³-hybridized carbons (Fsp3) is 0. The number of rotatable bonds is 2. The van der Waals surface area contributed by atoms with Crippen LogP contribution in [0.5, 0.6) is 0 Å². The first-order valence-corrected chi connectivity index (χ1v) is 6.66. The molecule has 20 heavy (non-hydrogen) atoms. The van der Waals surface area contributed by atoms with Gasteiger partial charge in [0.15, 0.2) is 0 Å². The number of fused-ring (bicyclic) bond motifs is 1. The summed E-state index contributed by atoms with van der Waals surface area (Å²) in [6, 6.07) is 10.1. The fourth-order valence-corrected chi connectivity index (χ4v) is 2.35. The van der Waals surface area contributed by atoms with E-state index in [4.69, 9.17) is 5.73 Å². The highest BCUT2D eigenvalue weighted by atomic mass is 79.9. The molecule has 0 aliphatic carbocycles. The molecule has 0 spiro atoms. The Balaban J connectivity index is 2.11. The van der Waals surface area contributed by atoms with E-state index >= 15 is 0 Å². The molecule has 0 atom stereocenters. The van der Waals surface area contributed by atoms with Gasteiger partial charge >= 0.3 is 0 Å². The number of aromatic nitrogens is 2. The van der Waals surface area contributed by atoms with Gasteiger partial charge < -0.3 is 11.1 Å². The number of nitrogen functional groups attached to an aromatic ring is 1. The van der Waals surface area contributed by atoms with Gasteiger partial charge in [-0.3, -0.25) is 0 Å². The second-order valence-corrected chi connectivity index (χ2v) is 5.07. The van der Waals surface area contributed by atoms with Gasteiger partial charge in [0.25, 0.3) is 0 Å². The van der Waals surface area contributed by atoms with E-state index in [0.717, 1.165) is 5.39 Å². The van der Waals surface area contributed by atoms with Gasteiger partial charge in [-0.15, -0.1) is 0 Å². The molecule has 0 fully saturated rings. The zero-order valence-electron chi connectivity index (χ0n) is 10.3. The van der Waals surface area contributed by atoms with Crippen molar-refractivity contribution in [2.75, 3.05) is 11.1 Å². The topological polar surface area (TPSA) is 63.8 Å². The molecule has 0 aliphatic rings. The Bertz CT molecular complexity index is 771. The standard InChI is InChI=1S/C14H10BrFN4/c15-10-2-1-3-11(16)13(10)20-14-9-5-4-8(17)6-12(9)18-7-19-14/h1-7H,17H2,(H,18,19,20). The number of hydrogen-bond acceptors (Lipinski definition) is 4. The van der Waals surface area contributed by atoms with Crippen molar-refractivity contribution in [3.63, 3.8) is 0 Å². The zero-order valence-corrected chi connectivity index (χ0v) is 11.9. The molecule has 100 valence electrons. The van der Waals surface area contributed by atoms with Gasteiger partial charge in [0, 0.05) is 15.5 Å². The Labute approximate surface area is 123 Å². The molecule has 0 amide bonds. The molecular weight excluding hydrogens is 323 g/mol. The molecule has 0 radical (unpaired) electrons. The summed E-state index contributed by atoms with van der Waals surface area (Å²) in [6.45, 7) is 0. The molecule has 3 rings (SSSR count). The molecule has 1 aromatic heterocycles. The Morgan fingerprint density at radius 3 is 2.80 bits per heavy atom. The van der Waals surface area contributed by atoms with Crippen LogP contribution in [0, 0.1) is 5.82 Å². The maximum Gasteiger partial charge on any atom is 0.147 e. The third-order valence-corrected chi connectivity index (χ3v) is 3.53. The lowest BCUT2D eigenvalue weighted by Crippen LogP contribution is -1.99. The minimum absolute atomic E-state index is 0.337. The largest absolute Gasteiger partial charge is 0.399 e. The molecule has 6 heteroatoms. The minimum Gasteiger partial charge on any atom is -0.399 e. The molecule has 3 N–H and O–H groups in total. The average molecular weight is 333 g/mol. The molecular formula is C14H10BrFN4. The van der Waals surface area contributed by atoms with Crippen LogP contribution in [0.2, 0.25) is 0 Å². The second kappa shape index (κ2) is 5.05. The van der Waals surface area contributed by atoms with Crippen LogP contribution in [0.25, 0.3) is 10.9 Å². The van der Waals surface area contributed by atoms with Crippen molar-refractivity contribution in [1.82, 2.24) is 9.97 Å². The smallest absolute Gasteiger partial charge is 0.147 e. The van der Waals surface area contributed by atoms with Gasteiger partial charge in [-0.2, -0.15) is 0 Å². The molecule has 0 saturated heterocycles. The van der Waals surface area contributed by atoms with E-state index in [2.05, 4.69) is 31.2 Å². The van der Waals surface area contributed by atoms with Crippen LogP contribution in [-0.4, -0.2) is 9.97 Å². The summed E-state index contributed by atoms with van der Waals surface area (Å²) >= 11 is 3.31. The molecule has 4 nitrogen and oxygen atoms in total. The maximum atomic E-state index is 13.8. The summed E-state index contributed by atoms with van der Waals surface area (Å²) in [5.74, 6) is 0.169. The van der Waals surface area contributed by atoms with E-state index in [0.29, 0.717) is 27.2 Å². The Kier molecular flexibility index (Phi) is 3.23. The number of nitrogens with two attached hydrogens (primary N) is 1. The normalized spacial score (nSPS) is 10.7. The monoisotopic (exact) mass is 332 g/mol. The highest BCUT2D eigenvalue weighted by Crippen LogP contribution is 2.30. The summed E-state index contributed by atoms with van der Waals surface area (Å²) < 4.78 is 14.5. The average Bonchev–Trinajstić information content (AvgIpc) is 2.42. The predicted molar refractivity (Wildman–Crippen MR) is 81.3 cm³/mol. The first kappa shape index (κ1) is 12.8. The highest BCUT2D eigenvalue weighted by Gasteiger charge is 2.10. The van der Waals surface area contributed by atoms with Crippen LogP contribution in [0.4, 0.5) is 21.6 Å². The Morgan fingerprint density at radius 2 is 2.00 bits per heavy atom. The Hall–Kier alpha value is -2.21. The molecule has 0 bridgehead atoms. The van der Waals surface area contributed by atoms with Crippen LogP contribution < -0.4 is 11.1 Å². The van der Waals surface area contributed by atoms with E-state index in [1.54, 1.807) is 24.3 Å². The number of para-hydroxylation sites is 1. The molecule has 3 aromatic rings. The Morgan fingerprint density at radius 1 is 1.15 bits per heavy atom. The van der Waals surface area contributed by atoms with Crippen LogP contribution in [0.1, 0.15) is 0 Å². The molecule has 0 aliphatic heterocycles. The van der Waals surface area contributed by atoms with Crippen LogP contribution >= 0.6 is 15.9 Å². The molecule has 1 heterocycles. The van der Waals surface area contributed by atoms with E-state index in [-0.39, 0.29) is 5.82 Å². The maximum absolute atomic E-state index is 13.8. The minimum atomic E-state index is -0.360. The fourth-order valence-electron chi connectivity index (χ4n) is 1.91. The first-order valence-electron chi connectivity index (χ1n) is 5.86. The zero-order chi connectivity index (χ0) is 14.1. The number of hydrogen-bond donors (Lipinski definition) is 2. The first-order chi connectivity index (χ1) is 9.65. The van der Waals surface area contributed by atoms with Crippen molar-refractivity contribution in [1.29, 1.82) is 0 Å². The van der Waals surface area contributed by atoms with Crippen molar-refractivity contribution >= 4 is 44.0 Å². The van der Waals surface area contributed by atoms with Crippen molar-refractivity contribution in [2.24, 2.45) is 0 Å². The van der Waals surface area contributed by atoms with Crippen molar-refractivity contribution in [2.45, 2.75) is 0 Å². The van der Waals surface area contributed by atoms with Crippen LogP contribution in [-0.2, 0) is 0 Å². The van der Waals surface area contributed by atoms with Gasteiger partial charge in [0.1, 0.15) is 18.0 Å². The highest BCUT2D eigenvalue weighted by molar-refractivity contribution is 9.10. The number of nitrogens with one attached hydrogen (secondary N) is 1. The van der Waals surface area contributed by atoms with Gasteiger partial charge in [-0.25, -0.2) is 14.4 Å². The third kappa shape index (κ3) is 2.30. The van der Waals surface area contributed by atoms with Crippen LogP contribution in [0.3, 0.4) is 0 Å². The van der Waals surface area contributed by atoms with Crippen molar-refractivity contribution in [3.8, 4) is 0 Å². The molecule has 0 unspecified atom stereocenters. The lowest BCUT2D eigenvalue weighted by Gasteiger charge is -2.11. The summed E-state index contributed by atoms with van der Waals surface area (Å²) in [7, 11) is 0. The molecule has 2 aromatic carbocycles. The lowest BCUT2D eigenvalue weighted by molar-refractivity contribution is 0.631. The number of benzene rings is 2. The predicted octanol–water partition coefficient (Wildman–Crippen LogP) is 3.86. The van der Waals surface area contributed by atoms with Crippen molar-refractivity contribution in [3.05, 3.63) is 53.0 Å². The van der Waals surface area contributed by atoms with Gasteiger partial charge in [0.05, 0.1) is 11.2 Å². The van der Waals surface area contributed by atoms with E-state index in [1.807, 2.05) is 6.07 Å². The second-order valence-electron chi connectivity index (χ2n) is 4.22. The third-order valence-electron chi connectivity index (χ3n) is 2.87. The lowest BCUT2D eigenvalue weighted by atomic mass is 10.2. The van der Waals surface area contributed by atoms with Gasteiger partial charge in [0.2, 0.25) is 0 Å².